The highest BCUT2D eigenvalue weighted by molar-refractivity contribution is 7.89. The molecule has 1 fully saturated rings. The zero-order chi connectivity index (χ0) is 14.8. The van der Waals surface area contributed by atoms with Crippen LogP contribution in [0.4, 0.5) is 5.69 Å². The maximum absolute atomic E-state index is 12.3. The van der Waals surface area contributed by atoms with Crippen molar-refractivity contribution in [3.8, 4) is 0 Å². The van der Waals surface area contributed by atoms with Crippen molar-refractivity contribution < 1.29 is 8.42 Å². The predicted molar refractivity (Wildman–Crippen MR) is 81.9 cm³/mol. The number of nitrogens with one attached hydrogen (secondary N) is 1. The number of hydrogen-bond donors (Lipinski definition) is 2. The van der Waals surface area contributed by atoms with Gasteiger partial charge in [-0.25, -0.2) is 13.1 Å². The number of benzene rings is 1. The summed E-state index contributed by atoms with van der Waals surface area (Å²) < 4.78 is 27.4. The predicted octanol–water partition coefficient (Wildman–Crippen LogP) is 2.68. The first-order valence-corrected chi connectivity index (χ1v) is 8.72. The van der Waals surface area contributed by atoms with Crippen LogP contribution < -0.4 is 10.5 Å². The molecular weight excluding hydrogens is 272 g/mol. The molecule has 0 aliphatic heterocycles. The molecule has 20 heavy (non-hydrogen) atoms. The number of rotatable bonds is 4. The highest BCUT2D eigenvalue weighted by atomic mass is 32.2. The average Bonchev–Trinajstić information content (AvgIpc) is 2.36. The highest BCUT2D eigenvalue weighted by Gasteiger charge is 2.22. The Balaban J connectivity index is 2.03. The SMILES string of the molecule is Cc1cc(N)ccc1S(=O)(=O)NCC1CCCC(C)C1. The number of aryl methyl sites for hydroxylation is 1. The first-order chi connectivity index (χ1) is 9.38. The lowest BCUT2D eigenvalue weighted by Gasteiger charge is -2.26. The lowest BCUT2D eigenvalue weighted by molar-refractivity contribution is 0.283. The summed E-state index contributed by atoms with van der Waals surface area (Å²) in [4.78, 5) is 0.329. The third kappa shape index (κ3) is 3.73. The quantitative estimate of drug-likeness (QED) is 0.839. The summed E-state index contributed by atoms with van der Waals surface area (Å²) >= 11 is 0. The van der Waals surface area contributed by atoms with Gasteiger partial charge in [-0.1, -0.05) is 19.8 Å². The van der Waals surface area contributed by atoms with Crippen LogP contribution in [0.1, 0.15) is 38.2 Å². The third-order valence-corrected chi connectivity index (χ3v) is 5.68. The average molecular weight is 296 g/mol. The van der Waals surface area contributed by atoms with E-state index in [1.54, 1.807) is 25.1 Å². The van der Waals surface area contributed by atoms with Gasteiger partial charge in [-0.2, -0.15) is 0 Å². The van der Waals surface area contributed by atoms with Gasteiger partial charge in [0, 0.05) is 12.2 Å². The Hall–Kier alpha value is -1.07. The second-order valence-electron chi connectivity index (χ2n) is 6.01. The van der Waals surface area contributed by atoms with E-state index in [1.165, 1.54) is 12.8 Å². The molecule has 2 rings (SSSR count). The van der Waals surface area contributed by atoms with Gasteiger partial charge >= 0.3 is 0 Å². The van der Waals surface area contributed by atoms with E-state index in [4.69, 9.17) is 5.73 Å². The molecule has 4 nitrogen and oxygen atoms in total. The first-order valence-electron chi connectivity index (χ1n) is 7.24. The molecule has 1 saturated carbocycles. The van der Waals surface area contributed by atoms with Crippen molar-refractivity contribution in [2.24, 2.45) is 11.8 Å². The van der Waals surface area contributed by atoms with Crippen molar-refractivity contribution >= 4 is 15.7 Å². The monoisotopic (exact) mass is 296 g/mol. The summed E-state index contributed by atoms with van der Waals surface area (Å²) in [7, 11) is -3.43. The first kappa shape index (κ1) is 15.3. The fourth-order valence-corrected chi connectivity index (χ4v) is 4.37. The number of nitrogens with two attached hydrogens (primary N) is 1. The van der Waals surface area contributed by atoms with Crippen LogP contribution in [-0.2, 0) is 10.0 Å². The van der Waals surface area contributed by atoms with Gasteiger partial charge in [-0.15, -0.1) is 0 Å². The largest absolute Gasteiger partial charge is 0.399 e. The van der Waals surface area contributed by atoms with Gasteiger partial charge in [0.05, 0.1) is 4.90 Å². The van der Waals surface area contributed by atoms with E-state index in [2.05, 4.69) is 11.6 Å². The molecule has 1 aliphatic rings. The van der Waals surface area contributed by atoms with Gasteiger partial charge in [0.1, 0.15) is 0 Å². The maximum Gasteiger partial charge on any atom is 0.240 e. The Labute approximate surface area is 121 Å². The van der Waals surface area contributed by atoms with Gasteiger partial charge < -0.3 is 5.73 Å². The molecule has 1 aromatic carbocycles. The maximum atomic E-state index is 12.3. The molecule has 0 saturated heterocycles. The molecule has 1 aromatic rings. The molecule has 112 valence electrons. The van der Waals surface area contributed by atoms with E-state index >= 15 is 0 Å². The molecule has 0 bridgehead atoms. The highest BCUT2D eigenvalue weighted by Crippen LogP contribution is 2.28. The van der Waals surface area contributed by atoms with Gasteiger partial charge in [-0.3, -0.25) is 0 Å². The van der Waals surface area contributed by atoms with Crippen LogP contribution in [0, 0.1) is 18.8 Å². The second kappa shape index (κ2) is 6.14. The Morgan fingerprint density at radius 1 is 1.35 bits per heavy atom. The number of nitrogen functional groups attached to an aromatic ring is 1. The summed E-state index contributed by atoms with van der Waals surface area (Å²) in [5.41, 5.74) is 6.94. The molecular formula is C15H24N2O2S. The Morgan fingerprint density at radius 2 is 2.10 bits per heavy atom. The lowest BCUT2D eigenvalue weighted by atomic mass is 9.83. The normalized spacial score (nSPS) is 23.7. The molecule has 5 heteroatoms. The van der Waals surface area contributed by atoms with Crippen LogP contribution in [0.3, 0.4) is 0 Å². The van der Waals surface area contributed by atoms with E-state index < -0.39 is 10.0 Å². The van der Waals surface area contributed by atoms with E-state index in [9.17, 15) is 8.42 Å². The van der Waals surface area contributed by atoms with Gasteiger partial charge in [0.25, 0.3) is 0 Å². The van der Waals surface area contributed by atoms with Crippen LogP contribution in [0.15, 0.2) is 23.1 Å². The molecule has 2 atom stereocenters. The molecule has 3 N–H and O–H groups in total. The van der Waals surface area contributed by atoms with Crippen molar-refractivity contribution in [1.82, 2.24) is 4.72 Å². The van der Waals surface area contributed by atoms with E-state index in [-0.39, 0.29) is 0 Å². The zero-order valence-corrected chi connectivity index (χ0v) is 13.0. The van der Waals surface area contributed by atoms with Gasteiger partial charge in [0.15, 0.2) is 0 Å². The molecule has 0 aromatic heterocycles. The minimum atomic E-state index is -3.43. The van der Waals surface area contributed by atoms with Crippen LogP contribution in [0.5, 0.6) is 0 Å². The zero-order valence-electron chi connectivity index (χ0n) is 12.2. The lowest BCUT2D eigenvalue weighted by Crippen LogP contribution is -2.31. The van der Waals surface area contributed by atoms with Crippen molar-refractivity contribution in [3.05, 3.63) is 23.8 Å². The summed E-state index contributed by atoms with van der Waals surface area (Å²) in [5, 5.41) is 0. The molecule has 0 radical (unpaired) electrons. The van der Waals surface area contributed by atoms with Gasteiger partial charge in [-0.05, 0) is 55.4 Å². The van der Waals surface area contributed by atoms with Crippen LogP contribution in [0.25, 0.3) is 0 Å². The van der Waals surface area contributed by atoms with Crippen LogP contribution in [0.2, 0.25) is 0 Å². The fraction of sp³-hybridized carbons (Fsp3) is 0.600. The smallest absolute Gasteiger partial charge is 0.240 e. The minimum Gasteiger partial charge on any atom is -0.399 e. The summed E-state index contributed by atoms with van der Waals surface area (Å²) in [5.74, 6) is 1.17. The summed E-state index contributed by atoms with van der Waals surface area (Å²) in [6, 6.07) is 4.90. The molecule has 0 heterocycles. The topological polar surface area (TPSA) is 72.2 Å². The number of anilines is 1. The summed E-state index contributed by atoms with van der Waals surface area (Å²) in [6.07, 6.45) is 4.70. The van der Waals surface area contributed by atoms with Crippen LogP contribution in [-0.4, -0.2) is 15.0 Å². The Kier molecular flexibility index (Phi) is 4.70. The Morgan fingerprint density at radius 3 is 2.75 bits per heavy atom. The fourth-order valence-electron chi connectivity index (χ4n) is 3.02. The molecule has 1 aliphatic carbocycles. The van der Waals surface area contributed by atoms with Crippen molar-refractivity contribution in [1.29, 1.82) is 0 Å². The molecule has 2 unspecified atom stereocenters. The number of hydrogen-bond acceptors (Lipinski definition) is 3. The van der Waals surface area contributed by atoms with E-state index in [0.717, 1.165) is 12.8 Å². The summed E-state index contributed by atoms with van der Waals surface area (Å²) in [6.45, 7) is 4.55. The van der Waals surface area contributed by atoms with Crippen molar-refractivity contribution in [2.45, 2.75) is 44.4 Å². The van der Waals surface area contributed by atoms with E-state index in [0.29, 0.717) is 34.5 Å². The third-order valence-electron chi connectivity index (χ3n) is 4.10. The minimum absolute atomic E-state index is 0.329. The Bertz CT molecular complexity index is 569. The number of sulfonamides is 1. The molecule has 0 spiro atoms. The van der Waals surface area contributed by atoms with Crippen molar-refractivity contribution in [2.75, 3.05) is 12.3 Å². The van der Waals surface area contributed by atoms with Crippen molar-refractivity contribution in [3.63, 3.8) is 0 Å². The second-order valence-corrected chi connectivity index (χ2v) is 7.75. The van der Waals surface area contributed by atoms with E-state index in [1.807, 2.05) is 0 Å². The van der Waals surface area contributed by atoms with Crippen LogP contribution >= 0.6 is 0 Å². The standard InChI is InChI=1S/C15H24N2O2S/c1-11-4-3-5-13(8-11)10-17-20(18,19)15-7-6-14(16)9-12(15)2/h6-7,9,11,13,17H,3-5,8,10,16H2,1-2H3. The van der Waals surface area contributed by atoms with Gasteiger partial charge in [0.2, 0.25) is 10.0 Å². The molecule has 0 amide bonds.